The first kappa shape index (κ1) is 22.3. The molecule has 1 aromatic heterocycles. The van der Waals surface area contributed by atoms with Crippen molar-refractivity contribution in [1.82, 2.24) is 20.7 Å². The third kappa shape index (κ3) is 6.87. The Bertz CT molecular complexity index is 788. The van der Waals surface area contributed by atoms with E-state index in [1.165, 1.54) is 24.0 Å². The Kier molecular flexibility index (Phi) is 8.31. The standard InChI is InChI=1S/C24H37N5O/c1-5-25-24(27-16-22-14-23(18(2)3)28-30-22)26-15-20-10-12-29(13-11-20)17-21-8-6-19(4)7-9-21/h6-9,14,18,20H,5,10-13,15-17H2,1-4H3,(H2,25,26,27). The lowest BCUT2D eigenvalue weighted by molar-refractivity contribution is 0.178. The SMILES string of the molecule is CCNC(=NCc1cc(C(C)C)no1)NCC1CCN(Cc2ccc(C)cc2)CC1. The summed E-state index contributed by atoms with van der Waals surface area (Å²) >= 11 is 0. The van der Waals surface area contributed by atoms with Crippen LogP contribution in [0.25, 0.3) is 0 Å². The van der Waals surface area contributed by atoms with E-state index in [4.69, 9.17) is 4.52 Å². The van der Waals surface area contributed by atoms with Crippen LogP contribution < -0.4 is 10.6 Å². The van der Waals surface area contributed by atoms with E-state index in [2.05, 4.69) is 77.6 Å². The van der Waals surface area contributed by atoms with Crippen LogP contribution in [0, 0.1) is 12.8 Å². The number of nitrogens with one attached hydrogen (secondary N) is 2. The molecule has 0 amide bonds. The zero-order valence-electron chi connectivity index (χ0n) is 18.9. The fraction of sp³-hybridized carbons (Fsp3) is 0.583. The molecular weight excluding hydrogens is 374 g/mol. The number of hydrogen-bond acceptors (Lipinski definition) is 4. The summed E-state index contributed by atoms with van der Waals surface area (Å²) < 4.78 is 5.40. The van der Waals surface area contributed by atoms with Crippen LogP contribution in [0.15, 0.2) is 39.8 Å². The summed E-state index contributed by atoms with van der Waals surface area (Å²) in [6.45, 7) is 14.1. The average Bonchev–Trinajstić information content (AvgIpc) is 3.22. The van der Waals surface area contributed by atoms with Crippen LogP contribution in [-0.4, -0.2) is 42.2 Å². The molecule has 0 spiro atoms. The maximum absolute atomic E-state index is 5.40. The van der Waals surface area contributed by atoms with Gasteiger partial charge >= 0.3 is 0 Å². The molecule has 1 aliphatic rings. The number of hydrogen-bond donors (Lipinski definition) is 2. The van der Waals surface area contributed by atoms with E-state index in [9.17, 15) is 0 Å². The first-order chi connectivity index (χ1) is 14.5. The van der Waals surface area contributed by atoms with Gasteiger partial charge in [0.2, 0.25) is 0 Å². The van der Waals surface area contributed by atoms with Crippen molar-refractivity contribution in [2.45, 2.75) is 59.5 Å². The third-order valence-corrected chi connectivity index (χ3v) is 5.70. The molecule has 1 fully saturated rings. The minimum atomic E-state index is 0.370. The second kappa shape index (κ2) is 11.2. The Balaban J connectivity index is 1.43. The van der Waals surface area contributed by atoms with Crippen LogP contribution in [0.3, 0.4) is 0 Å². The Morgan fingerprint density at radius 1 is 1.20 bits per heavy atom. The van der Waals surface area contributed by atoms with E-state index >= 15 is 0 Å². The zero-order valence-corrected chi connectivity index (χ0v) is 18.9. The molecule has 6 heteroatoms. The number of aliphatic imine (C=N–C) groups is 1. The fourth-order valence-corrected chi connectivity index (χ4v) is 3.72. The van der Waals surface area contributed by atoms with E-state index in [1.807, 2.05) is 6.07 Å². The molecule has 30 heavy (non-hydrogen) atoms. The molecule has 0 radical (unpaired) electrons. The van der Waals surface area contributed by atoms with Gasteiger partial charge in [-0.3, -0.25) is 4.90 Å². The van der Waals surface area contributed by atoms with Gasteiger partial charge in [0.05, 0.1) is 5.69 Å². The number of benzene rings is 1. The van der Waals surface area contributed by atoms with Crippen molar-refractivity contribution in [2.24, 2.45) is 10.9 Å². The molecule has 0 saturated carbocycles. The number of piperidine rings is 1. The van der Waals surface area contributed by atoms with Gasteiger partial charge in [0, 0.05) is 25.7 Å². The maximum Gasteiger partial charge on any atom is 0.191 e. The number of aromatic nitrogens is 1. The summed E-state index contributed by atoms with van der Waals surface area (Å²) in [6.07, 6.45) is 2.44. The summed E-state index contributed by atoms with van der Waals surface area (Å²) in [6, 6.07) is 10.9. The van der Waals surface area contributed by atoms with Gasteiger partial charge < -0.3 is 15.2 Å². The molecule has 1 aliphatic heterocycles. The third-order valence-electron chi connectivity index (χ3n) is 5.70. The number of guanidine groups is 1. The number of nitrogens with zero attached hydrogens (tertiary/aromatic N) is 3. The molecule has 3 rings (SSSR count). The maximum atomic E-state index is 5.40. The monoisotopic (exact) mass is 411 g/mol. The first-order valence-electron chi connectivity index (χ1n) is 11.3. The van der Waals surface area contributed by atoms with E-state index in [0.29, 0.717) is 18.4 Å². The molecule has 2 N–H and O–H groups in total. The van der Waals surface area contributed by atoms with Crippen LogP contribution in [-0.2, 0) is 13.1 Å². The van der Waals surface area contributed by atoms with Crippen molar-refractivity contribution >= 4 is 5.96 Å². The van der Waals surface area contributed by atoms with E-state index in [-0.39, 0.29) is 0 Å². The molecule has 1 saturated heterocycles. The highest BCUT2D eigenvalue weighted by atomic mass is 16.5. The Morgan fingerprint density at radius 3 is 2.57 bits per heavy atom. The molecule has 164 valence electrons. The number of aryl methyl sites for hydroxylation is 1. The number of rotatable bonds is 8. The molecular formula is C24H37N5O. The predicted molar refractivity (Wildman–Crippen MR) is 123 cm³/mol. The van der Waals surface area contributed by atoms with Crippen LogP contribution in [0.1, 0.15) is 62.1 Å². The minimum absolute atomic E-state index is 0.370. The summed E-state index contributed by atoms with van der Waals surface area (Å²) in [5.74, 6) is 2.71. The van der Waals surface area contributed by atoms with Crippen LogP contribution in [0.2, 0.25) is 0 Å². The average molecular weight is 412 g/mol. The largest absolute Gasteiger partial charge is 0.359 e. The van der Waals surface area contributed by atoms with Gasteiger partial charge in [0.25, 0.3) is 0 Å². The van der Waals surface area contributed by atoms with Crippen LogP contribution >= 0.6 is 0 Å². The highest BCUT2D eigenvalue weighted by molar-refractivity contribution is 5.79. The molecule has 6 nitrogen and oxygen atoms in total. The zero-order chi connectivity index (χ0) is 21.3. The lowest BCUT2D eigenvalue weighted by atomic mass is 9.96. The summed E-state index contributed by atoms with van der Waals surface area (Å²) in [5.41, 5.74) is 3.72. The highest BCUT2D eigenvalue weighted by Gasteiger charge is 2.19. The Morgan fingerprint density at radius 2 is 1.93 bits per heavy atom. The van der Waals surface area contributed by atoms with Gasteiger partial charge in [-0.05, 0) is 57.2 Å². The van der Waals surface area contributed by atoms with Gasteiger partial charge in [-0.2, -0.15) is 0 Å². The van der Waals surface area contributed by atoms with Gasteiger partial charge in [0.1, 0.15) is 6.54 Å². The molecule has 0 atom stereocenters. The van der Waals surface area contributed by atoms with Gasteiger partial charge in [-0.1, -0.05) is 48.8 Å². The highest BCUT2D eigenvalue weighted by Crippen LogP contribution is 2.19. The minimum Gasteiger partial charge on any atom is -0.359 e. The summed E-state index contributed by atoms with van der Waals surface area (Å²) in [4.78, 5) is 7.24. The Hall–Kier alpha value is -2.34. The summed E-state index contributed by atoms with van der Waals surface area (Å²) in [7, 11) is 0. The van der Waals surface area contributed by atoms with Crippen LogP contribution in [0.4, 0.5) is 0 Å². The molecule has 2 heterocycles. The lowest BCUT2D eigenvalue weighted by Crippen LogP contribution is -2.42. The van der Waals surface area contributed by atoms with E-state index in [0.717, 1.165) is 50.1 Å². The van der Waals surface area contributed by atoms with Crippen LogP contribution in [0.5, 0.6) is 0 Å². The second-order valence-corrected chi connectivity index (χ2v) is 8.65. The molecule has 1 aromatic carbocycles. The fourth-order valence-electron chi connectivity index (χ4n) is 3.72. The summed E-state index contributed by atoms with van der Waals surface area (Å²) in [5, 5.41) is 11.0. The quantitative estimate of drug-likeness (QED) is 0.506. The van der Waals surface area contributed by atoms with Crippen molar-refractivity contribution in [2.75, 3.05) is 26.2 Å². The van der Waals surface area contributed by atoms with Crippen molar-refractivity contribution in [3.8, 4) is 0 Å². The molecule has 0 bridgehead atoms. The number of likely N-dealkylation sites (tertiary alicyclic amines) is 1. The van der Waals surface area contributed by atoms with Crippen molar-refractivity contribution in [1.29, 1.82) is 0 Å². The Labute approximate surface area is 181 Å². The van der Waals surface area contributed by atoms with Gasteiger partial charge in [-0.15, -0.1) is 0 Å². The van der Waals surface area contributed by atoms with Crippen molar-refractivity contribution in [3.05, 3.63) is 52.9 Å². The smallest absolute Gasteiger partial charge is 0.191 e. The van der Waals surface area contributed by atoms with E-state index in [1.54, 1.807) is 0 Å². The normalized spacial score (nSPS) is 16.2. The molecule has 0 aliphatic carbocycles. The lowest BCUT2D eigenvalue weighted by Gasteiger charge is -2.32. The van der Waals surface area contributed by atoms with Crippen molar-refractivity contribution in [3.63, 3.8) is 0 Å². The molecule has 0 unspecified atom stereocenters. The van der Waals surface area contributed by atoms with E-state index < -0.39 is 0 Å². The topological polar surface area (TPSA) is 65.7 Å². The first-order valence-corrected chi connectivity index (χ1v) is 11.3. The molecule has 2 aromatic rings. The van der Waals surface area contributed by atoms with Crippen molar-refractivity contribution < 1.29 is 4.52 Å². The van der Waals surface area contributed by atoms with Gasteiger partial charge in [0.15, 0.2) is 11.7 Å². The van der Waals surface area contributed by atoms with Gasteiger partial charge in [-0.25, -0.2) is 4.99 Å². The second-order valence-electron chi connectivity index (χ2n) is 8.65. The predicted octanol–water partition coefficient (Wildman–Crippen LogP) is 4.07.